The van der Waals surface area contributed by atoms with Crippen LogP contribution >= 0.6 is 0 Å². The van der Waals surface area contributed by atoms with Crippen LogP contribution in [-0.2, 0) is 20.5 Å². The molecule has 0 saturated carbocycles. The summed E-state index contributed by atoms with van der Waals surface area (Å²) in [6.45, 7) is 1.79. The van der Waals surface area contributed by atoms with Gasteiger partial charge in [-0.25, -0.2) is 0 Å². The standard InChI is InChI=1S/C14H13F3O3/c1-8(10-6-12(18)20-13(19)7-10)9-2-4-11(5-3-9)14(15,16)17/h2-5,8,10H,6-7H2,1H3. The first-order valence-corrected chi connectivity index (χ1v) is 6.18. The Balaban J connectivity index is 2.15. The number of carbonyl (C=O) groups is 2. The van der Waals surface area contributed by atoms with E-state index >= 15 is 0 Å². The van der Waals surface area contributed by atoms with Crippen LogP contribution in [0.2, 0.25) is 0 Å². The number of esters is 2. The normalized spacial score (nSPS) is 18.8. The molecular weight excluding hydrogens is 273 g/mol. The Kier molecular flexibility index (Phi) is 3.83. The minimum atomic E-state index is -4.37. The molecule has 1 unspecified atom stereocenters. The van der Waals surface area contributed by atoms with Crippen LogP contribution in [0, 0.1) is 5.92 Å². The van der Waals surface area contributed by atoms with E-state index in [1.807, 2.05) is 0 Å². The molecule has 108 valence electrons. The van der Waals surface area contributed by atoms with Crippen molar-refractivity contribution in [2.24, 2.45) is 5.92 Å². The summed E-state index contributed by atoms with van der Waals surface area (Å²) in [6, 6.07) is 4.79. The van der Waals surface area contributed by atoms with E-state index in [0.29, 0.717) is 5.56 Å². The molecule has 1 fully saturated rings. The van der Waals surface area contributed by atoms with Gasteiger partial charge in [-0.2, -0.15) is 13.2 Å². The number of carbonyl (C=O) groups excluding carboxylic acids is 2. The van der Waals surface area contributed by atoms with Crippen LogP contribution in [0.3, 0.4) is 0 Å². The third-order valence-corrected chi connectivity index (χ3v) is 3.56. The molecule has 1 aliphatic rings. The minimum Gasteiger partial charge on any atom is -0.393 e. The maximum Gasteiger partial charge on any atom is 0.416 e. The number of hydrogen-bond donors (Lipinski definition) is 0. The molecule has 0 spiro atoms. The molecule has 1 aromatic carbocycles. The van der Waals surface area contributed by atoms with E-state index in [-0.39, 0.29) is 24.7 Å². The number of halogens is 3. The van der Waals surface area contributed by atoms with E-state index in [9.17, 15) is 22.8 Å². The van der Waals surface area contributed by atoms with Crippen molar-refractivity contribution >= 4 is 11.9 Å². The zero-order valence-electron chi connectivity index (χ0n) is 10.7. The summed E-state index contributed by atoms with van der Waals surface area (Å²) in [5, 5.41) is 0. The second kappa shape index (κ2) is 5.26. The number of hydrogen-bond acceptors (Lipinski definition) is 3. The van der Waals surface area contributed by atoms with Crippen LogP contribution in [0.1, 0.15) is 36.8 Å². The summed E-state index contributed by atoms with van der Waals surface area (Å²) in [5.41, 5.74) is -0.0434. The predicted molar refractivity (Wildman–Crippen MR) is 63.7 cm³/mol. The van der Waals surface area contributed by atoms with Crippen molar-refractivity contribution in [1.29, 1.82) is 0 Å². The van der Waals surface area contributed by atoms with Crippen molar-refractivity contribution in [2.75, 3.05) is 0 Å². The molecule has 1 atom stereocenters. The molecule has 1 aromatic rings. The lowest BCUT2D eigenvalue weighted by molar-refractivity contribution is -0.165. The van der Waals surface area contributed by atoms with Gasteiger partial charge in [0.1, 0.15) is 0 Å². The third kappa shape index (κ3) is 3.18. The van der Waals surface area contributed by atoms with Crippen LogP contribution in [0.25, 0.3) is 0 Å². The van der Waals surface area contributed by atoms with Gasteiger partial charge in [-0.3, -0.25) is 9.59 Å². The van der Waals surface area contributed by atoms with Crippen LogP contribution in [0.4, 0.5) is 13.2 Å². The fourth-order valence-electron chi connectivity index (χ4n) is 2.31. The van der Waals surface area contributed by atoms with Crippen molar-refractivity contribution in [2.45, 2.75) is 31.9 Å². The van der Waals surface area contributed by atoms with Crippen molar-refractivity contribution in [3.05, 3.63) is 35.4 Å². The lowest BCUT2D eigenvalue weighted by Gasteiger charge is -2.26. The minimum absolute atomic E-state index is 0.105. The molecule has 3 nitrogen and oxygen atoms in total. The first kappa shape index (κ1) is 14.6. The van der Waals surface area contributed by atoms with Crippen LogP contribution < -0.4 is 0 Å². The number of rotatable bonds is 2. The molecule has 1 aliphatic heterocycles. The Morgan fingerprint density at radius 2 is 1.60 bits per heavy atom. The maximum atomic E-state index is 12.5. The third-order valence-electron chi connectivity index (χ3n) is 3.56. The number of ether oxygens (including phenoxy) is 1. The average Bonchev–Trinajstić information content (AvgIpc) is 2.36. The SMILES string of the molecule is CC(c1ccc(C(F)(F)F)cc1)C1CC(=O)OC(=O)C1. The van der Waals surface area contributed by atoms with Crippen LogP contribution in [0.5, 0.6) is 0 Å². The fourth-order valence-corrected chi connectivity index (χ4v) is 2.31. The van der Waals surface area contributed by atoms with Crippen molar-refractivity contribution in [1.82, 2.24) is 0 Å². The van der Waals surface area contributed by atoms with Gasteiger partial charge in [-0.1, -0.05) is 19.1 Å². The van der Waals surface area contributed by atoms with E-state index in [0.717, 1.165) is 12.1 Å². The highest BCUT2D eigenvalue weighted by atomic mass is 19.4. The number of cyclic esters (lactones) is 2. The maximum absolute atomic E-state index is 12.5. The van der Waals surface area contributed by atoms with E-state index in [4.69, 9.17) is 0 Å². The van der Waals surface area contributed by atoms with E-state index in [2.05, 4.69) is 4.74 Å². The Bertz CT molecular complexity index is 503. The van der Waals surface area contributed by atoms with Gasteiger partial charge < -0.3 is 4.74 Å². The topological polar surface area (TPSA) is 43.4 Å². The first-order valence-electron chi connectivity index (χ1n) is 6.18. The van der Waals surface area contributed by atoms with Gasteiger partial charge in [0.2, 0.25) is 0 Å². The Morgan fingerprint density at radius 1 is 1.10 bits per heavy atom. The smallest absolute Gasteiger partial charge is 0.393 e. The lowest BCUT2D eigenvalue weighted by Crippen LogP contribution is -2.28. The van der Waals surface area contributed by atoms with Crippen LogP contribution in [0.15, 0.2) is 24.3 Å². The highest BCUT2D eigenvalue weighted by Gasteiger charge is 2.33. The molecule has 1 heterocycles. The first-order chi connectivity index (χ1) is 9.27. The quantitative estimate of drug-likeness (QED) is 0.619. The molecule has 0 amide bonds. The lowest BCUT2D eigenvalue weighted by atomic mass is 9.82. The molecule has 20 heavy (non-hydrogen) atoms. The van der Waals surface area contributed by atoms with E-state index < -0.39 is 23.7 Å². The molecular formula is C14H13F3O3. The molecule has 2 rings (SSSR count). The van der Waals surface area contributed by atoms with Crippen molar-refractivity contribution < 1.29 is 27.5 Å². The molecule has 0 aromatic heterocycles. The molecule has 0 N–H and O–H groups in total. The summed E-state index contributed by atoms with van der Waals surface area (Å²) in [7, 11) is 0. The van der Waals surface area contributed by atoms with Gasteiger partial charge in [0.25, 0.3) is 0 Å². The largest absolute Gasteiger partial charge is 0.416 e. The van der Waals surface area contributed by atoms with Crippen molar-refractivity contribution in [3.8, 4) is 0 Å². The second-order valence-corrected chi connectivity index (χ2v) is 4.92. The molecule has 0 radical (unpaired) electrons. The summed E-state index contributed by atoms with van der Waals surface area (Å²) >= 11 is 0. The average molecular weight is 286 g/mol. The number of alkyl halides is 3. The fraction of sp³-hybridized carbons (Fsp3) is 0.429. The van der Waals surface area contributed by atoms with Gasteiger partial charge in [-0.15, -0.1) is 0 Å². The van der Waals surface area contributed by atoms with Gasteiger partial charge in [0.15, 0.2) is 0 Å². The van der Waals surface area contributed by atoms with Gasteiger partial charge in [0.05, 0.1) is 5.56 Å². The molecule has 1 saturated heterocycles. The van der Waals surface area contributed by atoms with E-state index in [1.165, 1.54) is 12.1 Å². The van der Waals surface area contributed by atoms with E-state index in [1.54, 1.807) is 6.92 Å². The Hall–Kier alpha value is -1.85. The zero-order chi connectivity index (χ0) is 14.9. The predicted octanol–water partition coefficient (Wildman–Crippen LogP) is 3.29. The van der Waals surface area contributed by atoms with Gasteiger partial charge in [-0.05, 0) is 29.5 Å². The summed E-state index contributed by atoms with van der Waals surface area (Å²) in [5.74, 6) is -1.58. The Morgan fingerprint density at radius 3 is 2.05 bits per heavy atom. The summed E-state index contributed by atoms with van der Waals surface area (Å²) in [4.78, 5) is 22.4. The number of benzene rings is 1. The molecule has 6 heteroatoms. The monoisotopic (exact) mass is 286 g/mol. The zero-order valence-corrected chi connectivity index (χ0v) is 10.7. The molecule has 0 bridgehead atoms. The summed E-state index contributed by atoms with van der Waals surface area (Å²) in [6.07, 6.45) is -4.16. The Labute approximate surface area is 113 Å². The summed E-state index contributed by atoms with van der Waals surface area (Å²) < 4.78 is 41.9. The molecule has 0 aliphatic carbocycles. The van der Waals surface area contributed by atoms with Gasteiger partial charge >= 0.3 is 18.1 Å². The highest BCUT2D eigenvalue weighted by Crippen LogP contribution is 2.34. The highest BCUT2D eigenvalue weighted by molar-refractivity contribution is 5.88. The van der Waals surface area contributed by atoms with Gasteiger partial charge in [0, 0.05) is 12.8 Å². The van der Waals surface area contributed by atoms with Crippen molar-refractivity contribution in [3.63, 3.8) is 0 Å². The second-order valence-electron chi connectivity index (χ2n) is 4.92. The van der Waals surface area contributed by atoms with Crippen LogP contribution in [-0.4, -0.2) is 11.9 Å².